The quantitative estimate of drug-likeness (QED) is 0.909. The largest absolute Gasteiger partial charge is 0.490 e. The summed E-state index contributed by atoms with van der Waals surface area (Å²) >= 11 is 0. The van der Waals surface area contributed by atoms with Gasteiger partial charge in [-0.2, -0.15) is 0 Å². The topological polar surface area (TPSA) is 47.7 Å². The molecule has 2 N–H and O–H groups in total. The third-order valence-electron chi connectivity index (χ3n) is 3.31. The van der Waals surface area contributed by atoms with E-state index < -0.39 is 0 Å². The smallest absolute Gasteiger partial charge is 0.161 e. The molecule has 19 heavy (non-hydrogen) atoms. The van der Waals surface area contributed by atoms with Crippen LogP contribution in [0.4, 0.5) is 0 Å². The maximum absolute atomic E-state index is 6.31. The van der Waals surface area contributed by atoms with E-state index in [1.54, 1.807) is 0 Å². The van der Waals surface area contributed by atoms with E-state index in [4.69, 9.17) is 15.2 Å². The second-order valence-electron chi connectivity index (χ2n) is 5.94. The number of nitrogens with two attached hydrogens (primary N) is 1. The predicted octanol–water partition coefficient (Wildman–Crippen LogP) is 2.19. The number of nitrogens with zero attached hydrogens (tertiary/aromatic N) is 1. The van der Waals surface area contributed by atoms with E-state index in [2.05, 4.69) is 17.0 Å². The average molecular weight is 264 g/mol. The molecule has 0 fully saturated rings. The monoisotopic (exact) mass is 264 g/mol. The van der Waals surface area contributed by atoms with Gasteiger partial charge in [-0.3, -0.25) is 0 Å². The highest BCUT2D eigenvalue weighted by Gasteiger charge is 2.29. The minimum atomic E-state index is -0.330. The zero-order chi connectivity index (χ0) is 14.0. The molecule has 0 aliphatic carbocycles. The van der Waals surface area contributed by atoms with Crippen molar-refractivity contribution in [1.29, 1.82) is 0 Å². The van der Waals surface area contributed by atoms with Crippen molar-refractivity contribution in [1.82, 2.24) is 4.90 Å². The summed E-state index contributed by atoms with van der Waals surface area (Å²) in [6.07, 6.45) is 0.920. The van der Waals surface area contributed by atoms with Gasteiger partial charge in [-0.1, -0.05) is 6.07 Å². The van der Waals surface area contributed by atoms with Crippen molar-refractivity contribution in [3.8, 4) is 11.5 Å². The van der Waals surface area contributed by atoms with Crippen molar-refractivity contribution < 1.29 is 9.47 Å². The van der Waals surface area contributed by atoms with Gasteiger partial charge in [0.15, 0.2) is 11.5 Å². The third kappa shape index (κ3) is 3.19. The van der Waals surface area contributed by atoms with Crippen molar-refractivity contribution in [2.24, 2.45) is 5.73 Å². The normalized spacial score (nSPS) is 17.2. The molecule has 0 saturated heterocycles. The number of likely N-dealkylation sites (N-methyl/N-ethyl adjacent to an activating group) is 1. The molecule has 106 valence electrons. The molecule has 1 heterocycles. The second kappa shape index (κ2) is 5.39. The Morgan fingerprint density at radius 3 is 2.37 bits per heavy atom. The van der Waals surface area contributed by atoms with Gasteiger partial charge in [0, 0.05) is 12.0 Å². The van der Waals surface area contributed by atoms with Crippen LogP contribution >= 0.6 is 0 Å². The Bertz CT molecular complexity index is 438. The first-order valence-electron chi connectivity index (χ1n) is 6.74. The van der Waals surface area contributed by atoms with Gasteiger partial charge in [0.1, 0.15) is 0 Å². The highest BCUT2D eigenvalue weighted by Crippen LogP contribution is 2.36. The molecule has 0 radical (unpaired) electrons. The summed E-state index contributed by atoms with van der Waals surface area (Å²) in [5.74, 6) is 1.65. The van der Waals surface area contributed by atoms with Crippen LogP contribution in [0.2, 0.25) is 0 Å². The van der Waals surface area contributed by atoms with Crippen LogP contribution in [0.25, 0.3) is 0 Å². The van der Waals surface area contributed by atoms with Gasteiger partial charge in [0.2, 0.25) is 0 Å². The van der Waals surface area contributed by atoms with Gasteiger partial charge in [-0.25, -0.2) is 0 Å². The minimum Gasteiger partial charge on any atom is -0.490 e. The number of benzene rings is 1. The molecule has 1 unspecified atom stereocenters. The molecule has 0 amide bonds. The molecule has 1 aliphatic rings. The molecule has 0 aromatic heterocycles. The molecular weight excluding hydrogens is 240 g/mol. The van der Waals surface area contributed by atoms with Gasteiger partial charge in [0.05, 0.1) is 19.3 Å². The summed E-state index contributed by atoms with van der Waals surface area (Å²) < 4.78 is 11.4. The van der Waals surface area contributed by atoms with Crippen LogP contribution in [0.1, 0.15) is 31.9 Å². The summed E-state index contributed by atoms with van der Waals surface area (Å²) in [7, 11) is 4.09. The molecule has 1 aromatic carbocycles. The molecule has 2 rings (SSSR count). The van der Waals surface area contributed by atoms with Crippen molar-refractivity contribution in [2.75, 3.05) is 27.3 Å². The predicted molar refractivity (Wildman–Crippen MR) is 76.7 cm³/mol. The SMILES string of the molecule is CN(C)C(c1ccc2c(c1)OCCCO2)C(C)(C)N. The van der Waals surface area contributed by atoms with Crippen LogP contribution < -0.4 is 15.2 Å². The number of rotatable bonds is 3. The van der Waals surface area contributed by atoms with Gasteiger partial charge in [-0.15, -0.1) is 0 Å². The van der Waals surface area contributed by atoms with Crippen molar-refractivity contribution in [3.63, 3.8) is 0 Å². The van der Waals surface area contributed by atoms with Crippen LogP contribution in [-0.4, -0.2) is 37.7 Å². The summed E-state index contributed by atoms with van der Waals surface area (Å²) in [6.45, 7) is 5.50. The lowest BCUT2D eigenvalue weighted by Crippen LogP contribution is -2.45. The Morgan fingerprint density at radius 1 is 1.16 bits per heavy atom. The number of hydrogen-bond acceptors (Lipinski definition) is 4. The maximum atomic E-state index is 6.31. The van der Waals surface area contributed by atoms with E-state index >= 15 is 0 Å². The molecule has 4 heteroatoms. The molecular formula is C15H24N2O2. The molecule has 1 atom stereocenters. The van der Waals surface area contributed by atoms with E-state index in [-0.39, 0.29) is 11.6 Å². The molecule has 4 nitrogen and oxygen atoms in total. The molecule has 1 aliphatic heterocycles. The Hall–Kier alpha value is -1.26. The van der Waals surface area contributed by atoms with Crippen molar-refractivity contribution in [2.45, 2.75) is 31.8 Å². The first-order chi connectivity index (χ1) is 8.89. The van der Waals surface area contributed by atoms with E-state index in [1.165, 1.54) is 0 Å². The first-order valence-corrected chi connectivity index (χ1v) is 6.74. The van der Waals surface area contributed by atoms with Gasteiger partial charge >= 0.3 is 0 Å². The van der Waals surface area contributed by atoms with Crippen LogP contribution in [-0.2, 0) is 0 Å². The fourth-order valence-corrected chi connectivity index (χ4v) is 2.74. The van der Waals surface area contributed by atoms with E-state index in [1.807, 2.05) is 34.0 Å². The zero-order valence-corrected chi connectivity index (χ0v) is 12.3. The van der Waals surface area contributed by atoms with Gasteiger partial charge < -0.3 is 20.1 Å². The van der Waals surface area contributed by atoms with Crippen LogP contribution in [0.5, 0.6) is 11.5 Å². The van der Waals surface area contributed by atoms with Gasteiger partial charge in [0.25, 0.3) is 0 Å². The van der Waals surface area contributed by atoms with Crippen LogP contribution in [0, 0.1) is 0 Å². The lowest BCUT2D eigenvalue weighted by molar-refractivity contribution is 0.204. The first kappa shape index (κ1) is 14.2. The highest BCUT2D eigenvalue weighted by molar-refractivity contribution is 5.44. The average Bonchev–Trinajstić information content (AvgIpc) is 2.51. The Morgan fingerprint density at radius 2 is 1.79 bits per heavy atom. The fraction of sp³-hybridized carbons (Fsp3) is 0.600. The van der Waals surface area contributed by atoms with Crippen LogP contribution in [0.3, 0.4) is 0 Å². The maximum Gasteiger partial charge on any atom is 0.161 e. The number of hydrogen-bond donors (Lipinski definition) is 1. The third-order valence-corrected chi connectivity index (χ3v) is 3.31. The summed E-state index contributed by atoms with van der Waals surface area (Å²) in [5.41, 5.74) is 7.13. The molecule has 0 spiro atoms. The van der Waals surface area contributed by atoms with E-state index in [0.29, 0.717) is 13.2 Å². The summed E-state index contributed by atoms with van der Waals surface area (Å²) in [5, 5.41) is 0. The van der Waals surface area contributed by atoms with Crippen molar-refractivity contribution >= 4 is 0 Å². The van der Waals surface area contributed by atoms with Gasteiger partial charge in [-0.05, 0) is 45.6 Å². The summed E-state index contributed by atoms with van der Waals surface area (Å²) in [6, 6.07) is 6.25. The molecule has 1 aromatic rings. The number of ether oxygens (including phenoxy) is 2. The zero-order valence-electron chi connectivity index (χ0n) is 12.3. The van der Waals surface area contributed by atoms with E-state index in [9.17, 15) is 0 Å². The summed E-state index contributed by atoms with van der Waals surface area (Å²) in [4.78, 5) is 2.14. The van der Waals surface area contributed by atoms with Crippen molar-refractivity contribution in [3.05, 3.63) is 23.8 Å². The standard InChI is InChI=1S/C15H24N2O2/c1-15(2,16)14(17(3)4)11-6-7-12-13(10-11)19-9-5-8-18-12/h6-7,10,14H,5,8-9,16H2,1-4H3. The fourth-order valence-electron chi connectivity index (χ4n) is 2.74. The number of fused-ring (bicyclic) bond motifs is 1. The van der Waals surface area contributed by atoms with Crippen LogP contribution in [0.15, 0.2) is 18.2 Å². The Kier molecular flexibility index (Phi) is 4.02. The lowest BCUT2D eigenvalue weighted by atomic mass is 9.88. The second-order valence-corrected chi connectivity index (χ2v) is 5.94. The highest BCUT2D eigenvalue weighted by atomic mass is 16.5. The molecule has 0 bridgehead atoms. The minimum absolute atomic E-state index is 0.129. The molecule has 0 saturated carbocycles. The Labute approximate surface area is 115 Å². The Balaban J connectivity index is 2.37. The van der Waals surface area contributed by atoms with E-state index in [0.717, 1.165) is 23.5 Å². The lowest BCUT2D eigenvalue weighted by Gasteiger charge is -2.36.